The maximum atomic E-state index is 13.7. The molecule has 3 aliphatic rings. The first-order valence-electron chi connectivity index (χ1n) is 12.6. The lowest BCUT2D eigenvalue weighted by Gasteiger charge is -2.42. The molecule has 0 saturated carbocycles. The number of hydrogen-bond acceptors (Lipinski definition) is 5. The molecule has 0 amide bonds. The Hall–Kier alpha value is -2.99. The Morgan fingerprint density at radius 3 is 2.43 bits per heavy atom. The van der Waals surface area contributed by atoms with E-state index in [0.29, 0.717) is 12.2 Å². The number of aliphatic hydroxyl groups excluding tert-OH is 1. The quantitative estimate of drug-likeness (QED) is 0.413. The lowest BCUT2D eigenvalue weighted by atomic mass is 9.66. The standard InChI is InChI=1S/C28H29N3O.C2H6O/c1-28(2)14-20-24-19-11-7-6-8-17(19)12-13-22(24)30-27(25(20)23(32)15-28)21-16-29-31-26(21)18-9-4-3-5-10-18;1-2-3/h3-13,21,26-27,29-31H,14-16H2,1-2H3;3H,2H2,1H3. The first kappa shape index (κ1) is 23.7. The van der Waals surface area contributed by atoms with E-state index in [2.05, 4.69) is 96.7 Å². The number of aliphatic hydroxyl groups is 1. The van der Waals surface area contributed by atoms with Crippen LogP contribution in [0.1, 0.15) is 50.8 Å². The summed E-state index contributed by atoms with van der Waals surface area (Å²) in [5, 5.41) is 13.9. The Bertz CT molecular complexity index is 1270. The summed E-state index contributed by atoms with van der Waals surface area (Å²) in [5.41, 5.74) is 12.7. The van der Waals surface area contributed by atoms with Gasteiger partial charge in [0, 0.05) is 42.3 Å². The molecule has 3 atom stereocenters. The lowest BCUT2D eigenvalue weighted by molar-refractivity contribution is -0.118. The van der Waals surface area contributed by atoms with E-state index in [1.165, 1.54) is 27.5 Å². The highest BCUT2D eigenvalue weighted by atomic mass is 16.2. The van der Waals surface area contributed by atoms with Crippen molar-refractivity contribution in [1.29, 1.82) is 0 Å². The number of rotatable bonds is 2. The third-order valence-electron chi connectivity index (χ3n) is 7.38. The van der Waals surface area contributed by atoms with Crippen molar-refractivity contribution >= 4 is 27.8 Å². The predicted molar refractivity (Wildman–Crippen MR) is 143 cm³/mol. The Kier molecular flexibility index (Phi) is 6.49. The van der Waals surface area contributed by atoms with Crippen LogP contribution in [0.5, 0.6) is 0 Å². The zero-order valence-corrected chi connectivity index (χ0v) is 20.8. The Balaban J connectivity index is 0.000000806. The van der Waals surface area contributed by atoms with Crippen molar-refractivity contribution in [3.8, 4) is 0 Å². The van der Waals surface area contributed by atoms with Gasteiger partial charge in [0.15, 0.2) is 5.78 Å². The van der Waals surface area contributed by atoms with Crippen molar-refractivity contribution in [2.75, 3.05) is 18.5 Å². The second-order valence-electron chi connectivity index (χ2n) is 10.6. The summed E-state index contributed by atoms with van der Waals surface area (Å²) < 4.78 is 0. The summed E-state index contributed by atoms with van der Waals surface area (Å²) in [6.45, 7) is 7.19. The largest absolute Gasteiger partial charge is 0.397 e. The topological polar surface area (TPSA) is 73.4 Å². The van der Waals surface area contributed by atoms with Gasteiger partial charge in [-0.2, -0.15) is 0 Å². The smallest absolute Gasteiger partial charge is 0.161 e. The summed E-state index contributed by atoms with van der Waals surface area (Å²) in [6, 6.07) is 23.6. The molecule has 3 unspecified atom stereocenters. The Labute approximate surface area is 207 Å². The molecule has 1 fully saturated rings. The van der Waals surface area contributed by atoms with Gasteiger partial charge in [-0.3, -0.25) is 10.2 Å². The van der Waals surface area contributed by atoms with Crippen LogP contribution in [0, 0.1) is 11.3 Å². The minimum atomic E-state index is -0.0307. The minimum absolute atomic E-state index is 0.0185. The molecule has 182 valence electrons. The van der Waals surface area contributed by atoms with Gasteiger partial charge >= 0.3 is 0 Å². The molecule has 0 aromatic heterocycles. The van der Waals surface area contributed by atoms with Gasteiger partial charge in [0.1, 0.15) is 0 Å². The molecule has 3 aromatic rings. The molecule has 6 rings (SSSR count). The molecular formula is C30H35N3O2. The number of fused-ring (bicyclic) bond motifs is 4. The number of allylic oxidation sites excluding steroid dienone is 1. The number of benzene rings is 3. The summed E-state index contributed by atoms with van der Waals surface area (Å²) in [6.07, 6.45) is 1.53. The number of carbonyl (C=O) groups is 1. The van der Waals surface area contributed by atoms with Gasteiger partial charge < -0.3 is 10.4 Å². The summed E-state index contributed by atoms with van der Waals surface area (Å²) in [7, 11) is 0. The lowest BCUT2D eigenvalue weighted by Crippen LogP contribution is -2.43. The average Bonchev–Trinajstić information content (AvgIpc) is 3.33. The molecule has 5 nitrogen and oxygen atoms in total. The monoisotopic (exact) mass is 469 g/mol. The molecule has 3 aromatic carbocycles. The number of carbonyl (C=O) groups excluding carboxylic acids is 1. The Morgan fingerprint density at radius 2 is 1.66 bits per heavy atom. The van der Waals surface area contributed by atoms with Crippen LogP contribution in [0.2, 0.25) is 0 Å². The van der Waals surface area contributed by atoms with E-state index >= 15 is 0 Å². The van der Waals surface area contributed by atoms with E-state index in [1.807, 2.05) is 0 Å². The van der Waals surface area contributed by atoms with Crippen LogP contribution >= 0.6 is 0 Å². The van der Waals surface area contributed by atoms with Gasteiger partial charge in [0.05, 0.1) is 12.1 Å². The number of hydrazine groups is 1. The van der Waals surface area contributed by atoms with Gasteiger partial charge in [-0.1, -0.05) is 74.5 Å². The van der Waals surface area contributed by atoms with Gasteiger partial charge in [-0.05, 0) is 46.7 Å². The van der Waals surface area contributed by atoms with E-state index in [1.54, 1.807) is 6.92 Å². The summed E-state index contributed by atoms with van der Waals surface area (Å²) in [5.74, 6) is 0.526. The van der Waals surface area contributed by atoms with E-state index < -0.39 is 0 Å². The van der Waals surface area contributed by atoms with Crippen molar-refractivity contribution in [1.82, 2.24) is 10.9 Å². The van der Waals surface area contributed by atoms with Crippen LogP contribution in [0.4, 0.5) is 5.69 Å². The highest BCUT2D eigenvalue weighted by Gasteiger charge is 2.45. The number of anilines is 1. The normalized spacial score (nSPS) is 24.8. The van der Waals surface area contributed by atoms with E-state index in [9.17, 15) is 4.79 Å². The zero-order chi connectivity index (χ0) is 24.6. The van der Waals surface area contributed by atoms with Crippen LogP contribution in [0.15, 0.2) is 72.3 Å². The third kappa shape index (κ3) is 4.40. The summed E-state index contributed by atoms with van der Waals surface area (Å²) in [4.78, 5) is 13.7. The SMILES string of the molecule is CC1(C)CC(=O)C2=C(C1)c1c(ccc3ccccc13)NC2C1CNNC1c1ccccc1.CCO. The van der Waals surface area contributed by atoms with Crippen molar-refractivity contribution in [2.45, 2.75) is 45.7 Å². The number of hydrogen-bond donors (Lipinski definition) is 4. The number of nitrogens with one attached hydrogen (secondary N) is 3. The fourth-order valence-electron chi connectivity index (χ4n) is 6.01. The van der Waals surface area contributed by atoms with E-state index in [4.69, 9.17) is 5.11 Å². The Morgan fingerprint density at radius 1 is 0.943 bits per heavy atom. The van der Waals surface area contributed by atoms with Crippen molar-refractivity contribution < 1.29 is 9.90 Å². The molecule has 5 heteroatoms. The van der Waals surface area contributed by atoms with E-state index in [0.717, 1.165) is 24.2 Å². The molecule has 1 saturated heterocycles. The van der Waals surface area contributed by atoms with E-state index in [-0.39, 0.29) is 30.0 Å². The van der Waals surface area contributed by atoms with Crippen LogP contribution < -0.4 is 16.2 Å². The van der Waals surface area contributed by atoms with Gasteiger partial charge in [-0.15, -0.1) is 0 Å². The molecule has 0 spiro atoms. The average molecular weight is 470 g/mol. The molecule has 0 bridgehead atoms. The molecule has 2 aliphatic heterocycles. The van der Waals surface area contributed by atoms with Gasteiger partial charge in [-0.25, -0.2) is 5.43 Å². The van der Waals surface area contributed by atoms with Crippen LogP contribution in [0.3, 0.4) is 0 Å². The molecular weight excluding hydrogens is 434 g/mol. The molecule has 1 aliphatic carbocycles. The molecule has 4 N–H and O–H groups in total. The highest BCUT2D eigenvalue weighted by Crippen LogP contribution is 2.51. The maximum Gasteiger partial charge on any atom is 0.161 e. The van der Waals surface area contributed by atoms with Crippen molar-refractivity contribution in [3.63, 3.8) is 0 Å². The van der Waals surface area contributed by atoms with Gasteiger partial charge in [0.25, 0.3) is 0 Å². The number of Topliss-reactive ketones (excluding diaryl/α,β-unsaturated/α-hetero) is 1. The highest BCUT2D eigenvalue weighted by molar-refractivity contribution is 6.12. The van der Waals surface area contributed by atoms with Crippen LogP contribution in [-0.2, 0) is 4.79 Å². The van der Waals surface area contributed by atoms with Crippen molar-refractivity contribution in [3.05, 3.63) is 83.4 Å². The minimum Gasteiger partial charge on any atom is -0.397 e. The maximum absolute atomic E-state index is 13.7. The second kappa shape index (κ2) is 9.57. The van der Waals surface area contributed by atoms with Gasteiger partial charge in [0.2, 0.25) is 0 Å². The molecule has 0 radical (unpaired) electrons. The van der Waals surface area contributed by atoms with Crippen LogP contribution in [-0.4, -0.2) is 30.1 Å². The molecule has 35 heavy (non-hydrogen) atoms. The summed E-state index contributed by atoms with van der Waals surface area (Å²) >= 11 is 0. The predicted octanol–water partition coefficient (Wildman–Crippen LogP) is 5.24. The van der Waals surface area contributed by atoms with Crippen molar-refractivity contribution in [2.24, 2.45) is 11.3 Å². The third-order valence-corrected chi connectivity index (χ3v) is 7.38. The van der Waals surface area contributed by atoms with Crippen LogP contribution in [0.25, 0.3) is 16.3 Å². The number of ketones is 1. The first-order valence-corrected chi connectivity index (χ1v) is 12.6. The second-order valence-corrected chi connectivity index (χ2v) is 10.6. The molecule has 2 heterocycles. The first-order chi connectivity index (χ1) is 16.9. The fraction of sp³-hybridized carbons (Fsp3) is 0.367. The zero-order valence-electron chi connectivity index (χ0n) is 20.8. The fourth-order valence-corrected chi connectivity index (χ4v) is 6.01.